The number of primary amides is 1. The molecule has 1 amide bonds. The fraction of sp³-hybridized carbons (Fsp3) is 0.250. The molecule has 0 saturated heterocycles. The summed E-state index contributed by atoms with van der Waals surface area (Å²) in [4.78, 5) is 14.2. The molecule has 1 aromatic rings. The first-order chi connectivity index (χ1) is 6.22. The zero-order valence-electron chi connectivity index (χ0n) is 6.93. The molecule has 1 heterocycles. The Morgan fingerprint density at radius 3 is 3.08 bits per heavy atom. The predicted molar refractivity (Wildman–Crippen MR) is 44.8 cm³/mol. The van der Waals surface area contributed by atoms with Crippen LogP contribution in [0.3, 0.4) is 0 Å². The number of aliphatic hydroxyl groups excluding tert-OH is 1. The third-order valence-corrected chi connectivity index (χ3v) is 1.33. The Morgan fingerprint density at radius 1 is 1.69 bits per heavy atom. The molecular formula is C8H10N2O3. The van der Waals surface area contributed by atoms with Gasteiger partial charge in [0.25, 0.3) is 5.91 Å². The summed E-state index contributed by atoms with van der Waals surface area (Å²) in [6.07, 6.45) is 1.49. The van der Waals surface area contributed by atoms with Crippen molar-refractivity contribution in [1.82, 2.24) is 4.98 Å². The highest BCUT2D eigenvalue weighted by Crippen LogP contribution is 2.10. The Kier molecular flexibility index (Phi) is 3.22. The van der Waals surface area contributed by atoms with Crippen LogP contribution in [0, 0.1) is 0 Å². The van der Waals surface area contributed by atoms with Crippen LogP contribution in [0.1, 0.15) is 5.69 Å². The second kappa shape index (κ2) is 4.42. The fourth-order valence-electron chi connectivity index (χ4n) is 0.787. The molecule has 0 aliphatic rings. The van der Waals surface area contributed by atoms with Crippen molar-refractivity contribution >= 4 is 5.91 Å². The minimum absolute atomic E-state index is 0.159. The Labute approximate surface area is 75.2 Å². The first-order valence-electron chi connectivity index (χ1n) is 3.69. The molecule has 5 nitrogen and oxygen atoms in total. The highest BCUT2D eigenvalue weighted by molar-refractivity contribution is 5.75. The van der Waals surface area contributed by atoms with Crippen LogP contribution in [0.15, 0.2) is 18.3 Å². The largest absolute Gasteiger partial charge is 0.484 e. The fourth-order valence-corrected chi connectivity index (χ4v) is 0.787. The monoisotopic (exact) mass is 182 g/mol. The van der Waals surface area contributed by atoms with Gasteiger partial charge in [-0.2, -0.15) is 0 Å². The highest BCUT2D eigenvalue weighted by Gasteiger charge is 1.98. The summed E-state index contributed by atoms with van der Waals surface area (Å²) in [6.45, 7) is -0.331. The lowest BCUT2D eigenvalue weighted by molar-refractivity contribution is -0.119. The lowest BCUT2D eigenvalue weighted by atomic mass is 10.3. The van der Waals surface area contributed by atoms with E-state index in [0.29, 0.717) is 11.4 Å². The second-order valence-corrected chi connectivity index (χ2v) is 2.40. The van der Waals surface area contributed by atoms with Gasteiger partial charge in [0, 0.05) is 12.3 Å². The number of hydrogen-bond donors (Lipinski definition) is 2. The van der Waals surface area contributed by atoms with Crippen molar-refractivity contribution in [3.8, 4) is 5.75 Å². The third kappa shape index (κ3) is 3.08. The molecule has 5 heteroatoms. The van der Waals surface area contributed by atoms with Gasteiger partial charge >= 0.3 is 0 Å². The normalized spacial score (nSPS) is 9.62. The number of rotatable bonds is 4. The highest BCUT2D eigenvalue weighted by atomic mass is 16.5. The molecule has 13 heavy (non-hydrogen) atoms. The molecule has 0 aliphatic carbocycles. The van der Waals surface area contributed by atoms with E-state index in [1.165, 1.54) is 6.20 Å². The molecule has 1 rings (SSSR count). The van der Waals surface area contributed by atoms with Crippen LogP contribution in [0.5, 0.6) is 5.75 Å². The van der Waals surface area contributed by atoms with E-state index in [0.717, 1.165) is 0 Å². The van der Waals surface area contributed by atoms with E-state index < -0.39 is 5.91 Å². The molecule has 70 valence electrons. The molecule has 0 saturated carbocycles. The summed E-state index contributed by atoms with van der Waals surface area (Å²) < 4.78 is 4.98. The number of hydrogen-bond acceptors (Lipinski definition) is 4. The molecule has 0 aromatic carbocycles. The van der Waals surface area contributed by atoms with Crippen molar-refractivity contribution in [2.75, 3.05) is 6.61 Å². The quantitative estimate of drug-likeness (QED) is 0.653. The summed E-state index contributed by atoms with van der Waals surface area (Å²) in [5, 5.41) is 8.73. The van der Waals surface area contributed by atoms with E-state index in [-0.39, 0.29) is 13.2 Å². The van der Waals surface area contributed by atoms with Crippen LogP contribution >= 0.6 is 0 Å². The van der Waals surface area contributed by atoms with Gasteiger partial charge in [-0.3, -0.25) is 9.78 Å². The zero-order valence-corrected chi connectivity index (χ0v) is 6.93. The van der Waals surface area contributed by atoms with Crippen LogP contribution in [0.4, 0.5) is 0 Å². The SMILES string of the molecule is NC(=O)COc1ccnc(CO)c1. The number of aromatic nitrogens is 1. The van der Waals surface area contributed by atoms with E-state index >= 15 is 0 Å². The standard InChI is InChI=1S/C8H10N2O3/c9-8(12)5-13-7-1-2-10-6(3-7)4-11/h1-3,11H,4-5H2,(H2,9,12). The molecular weight excluding hydrogens is 172 g/mol. The maximum atomic E-state index is 10.4. The average molecular weight is 182 g/mol. The summed E-state index contributed by atoms with van der Waals surface area (Å²) in [5.74, 6) is -0.0692. The first kappa shape index (κ1) is 9.47. The smallest absolute Gasteiger partial charge is 0.255 e. The first-order valence-corrected chi connectivity index (χ1v) is 3.69. The van der Waals surface area contributed by atoms with Crippen LogP contribution in [-0.4, -0.2) is 22.6 Å². The minimum Gasteiger partial charge on any atom is -0.484 e. The maximum Gasteiger partial charge on any atom is 0.255 e. The molecule has 1 aromatic heterocycles. The maximum absolute atomic E-state index is 10.4. The van der Waals surface area contributed by atoms with Gasteiger partial charge in [0.2, 0.25) is 0 Å². The van der Waals surface area contributed by atoms with Crippen molar-refractivity contribution < 1.29 is 14.6 Å². The number of nitrogens with zero attached hydrogens (tertiary/aromatic N) is 1. The van der Waals surface area contributed by atoms with Crippen molar-refractivity contribution in [1.29, 1.82) is 0 Å². The van der Waals surface area contributed by atoms with Gasteiger partial charge < -0.3 is 15.6 Å². The predicted octanol–water partition coefficient (Wildman–Crippen LogP) is -0.562. The van der Waals surface area contributed by atoms with Crippen LogP contribution in [0.25, 0.3) is 0 Å². The molecule has 0 radical (unpaired) electrons. The number of amides is 1. The Hall–Kier alpha value is -1.62. The van der Waals surface area contributed by atoms with Gasteiger partial charge in [0.1, 0.15) is 5.75 Å². The summed E-state index contributed by atoms with van der Waals surface area (Å²) in [7, 11) is 0. The number of carbonyl (C=O) groups excluding carboxylic acids is 1. The summed E-state index contributed by atoms with van der Waals surface area (Å²) >= 11 is 0. The number of carbonyl (C=O) groups is 1. The number of pyridine rings is 1. The van der Waals surface area contributed by atoms with Crippen molar-refractivity contribution in [2.24, 2.45) is 5.73 Å². The number of ether oxygens (including phenoxy) is 1. The van der Waals surface area contributed by atoms with E-state index in [2.05, 4.69) is 4.98 Å². The van der Waals surface area contributed by atoms with Crippen molar-refractivity contribution in [3.63, 3.8) is 0 Å². The number of nitrogens with two attached hydrogens (primary N) is 1. The zero-order chi connectivity index (χ0) is 9.68. The Balaban J connectivity index is 2.61. The van der Waals surface area contributed by atoms with E-state index in [4.69, 9.17) is 15.6 Å². The van der Waals surface area contributed by atoms with Gasteiger partial charge in [-0.15, -0.1) is 0 Å². The average Bonchev–Trinajstić information content (AvgIpc) is 2.15. The summed E-state index contributed by atoms with van der Waals surface area (Å²) in [6, 6.07) is 3.13. The molecule has 0 bridgehead atoms. The molecule has 0 atom stereocenters. The van der Waals surface area contributed by atoms with Crippen LogP contribution in [0.2, 0.25) is 0 Å². The lowest BCUT2D eigenvalue weighted by Gasteiger charge is -2.03. The molecule has 0 spiro atoms. The van der Waals surface area contributed by atoms with E-state index in [9.17, 15) is 4.79 Å². The third-order valence-electron chi connectivity index (χ3n) is 1.33. The molecule has 0 unspecified atom stereocenters. The van der Waals surface area contributed by atoms with Gasteiger partial charge in [0.05, 0.1) is 12.3 Å². The number of aliphatic hydroxyl groups is 1. The van der Waals surface area contributed by atoms with Crippen molar-refractivity contribution in [2.45, 2.75) is 6.61 Å². The second-order valence-electron chi connectivity index (χ2n) is 2.40. The Morgan fingerprint density at radius 2 is 2.46 bits per heavy atom. The molecule has 0 fully saturated rings. The van der Waals surface area contributed by atoms with Gasteiger partial charge in [-0.05, 0) is 6.07 Å². The topological polar surface area (TPSA) is 85.4 Å². The van der Waals surface area contributed by atoms with Crippen LogP contribution < -0.4 is 10.5 Å². The minimum atomic E-state index is -0.539. The Bertz CT molecular complexity index is 301. The van der Waals surface area contributed by atoms with Gasteiger partial charge in [-0.1, -0.05) is 0 Å². The van der Waals surface area contributed by atoms with Gasteiger partial charge in [0.15, 0.2) is 6.61 Å². The molecule has 0 aliphatic heterocycles. The lowest BCUT2D eigenvalue weighted by Crippen LogP contribution is -2.20. The van der Waals surface area contributed by atoms with E-state index in [1.807, 2.05) is 0 Å². The van der Waals surface area contributed by atoms with Crippen LogP contribution in [-0.2, 0) is 11.4 Å². The molecule has 3 N–H and O–H groups in total. The van der Waals surface area contributed by atoms with Crippen molar-refractivity contribution in [3.05, 3.63) is 24.0 Å². The van der Waals surface area contributed by atoms with E-state index in [1.54, 1.807) is 12.1 Å². The van der Waals surface area contributed by atoms with Gasteiger partial charge in [-0.25, -0.2) is 0 Å². The summed E-state index contributed by atoms with van der Waals surface area (Å²) in [5.41, 5.74) is 5.37.